The quantitative estimate of drug-likeness (QED) is 0.440. The maximum absolute atomic E-state index is 14.1. The highest BCUT2D eigenvalue weighted by Crippen LogP contribution is 2.21. The van der Waals surface area contributed by atoms with Gasteiger partial charge in [0.15, 0.2) is 0 Å². The number of oxime groups is 1. The highest BCUT2D eigenvalue weighted by atomic mass is 35.5. The minimum Gasteiger partial charge on any atom is -0.467 e. The van der Waals surface area contributed by atoms with Gasteiger partial charge in [-0.25, -0.2) is 4.39 Å². The minimum atomic E-state index is -0.715. The zero-order chi connectivity index (χ0) is 23.0. The van der Waals surface area contributed by atoms with Crippen molar-refractivity contribution in [2.45, 2.75) is 31.8 Å². The summed E-state index contributed by atoms with van der Waals surface area (Å²) < 4.78 is 25.0. The van der Waals surface area contributed by atoms with Gasteiger partial charge in [-0.2, -0.15) is 0 Å². The van der Waals surface area contributed by atoms with Gasteiger partial charge in [0.25, 0.3) is 0 Å². The summed E-state index contributed by atoms with van der Waals surface area (Å²) in [5, 5.41) is 15.3. The maximum Gasteiger partial charge on any atom is 0.145 e. The Morgan fingerprint density at radius 3 is 2.85 bits per heavy atom. The molecule has 1 aromatic heterocycles. The number of aliphatic hydroxyl groups excluding tert-OH is 1. The second-order valence-electron chi connectivity index (χ2n) is 8.02. The van der Waals surface area contributed by atoms with Crippen molar-refractivity contribution in [2.24, 2.45) is 5.16 Å². The fraction of sp³-hybridized carbons (Fsp3) is 0.320. The highest BCUT2D eigenvalue weighted by molar-refractivity contribution is 6.30. The van der Waals surface area contributed by atoms with Crippen LogP contribution in [0.4, 0.5) is 4.39 Å². The summed E-state index contributed by atoms with van der Waals surface area (Å²) in [5.41, 5.74) is 2.05. The van der Waals surface area contributed by atoms with E-state index < -0.39 is 6.10 Å². The molecule has 174 valence electrons. The molecule has 6 nitrogen and oxygen atoms in total. The molecule has 8 heteroatoms. The van der Waals surface area contributed by atoms with Gasteiger partial charge in [0.1, 0.15) is 24.3 Å². The lowest BCUT2D eigenvalue weighted by Gasteiger charge is -2.27. The van der Waals surface area contributed by atoms with Crippen molar-refractivity contribution < 1.29 is 23.5 Å². The van der Waals surface area contributed by atoms with Gasteiger partial charge in [-0.15, -0.1) is 0 Å². The van der Waals surface area contributed by atoms with Crippen LogP contribution in [0.2, 0.25) is 5.02 Å². The second-order valence-corrected chi connectivity index (χ2v) is 8.46. The minimum absolute atomic E-state index is 0.162. The van der Waals surface area contributed by atoms with E-state index in [0.29, 0.717) is 54.7 Å². The molecule has 4 rings (SSSR count). The van der Waals surface area contributed by atoms with Crippen LogP contribution in [-0.4, -0.2) is 47.6 Å². The molecule has 0 saturated heterocycles. The van der Waals surface area contributed by atoms with Crippen molar-refractivity contribution in [3.8, 4) is 0 Å². The summed E-state index contributed by atoms with van der Waals surface area (Å²) in [5.74, 6) is 0.385. The first-order valence-corrected chi connectivity index (χ1v) is 11.2. The van der Waals surface area contributed by atoms with Crippen molar-refractivity contribution in [2.75, 3.05) is 19.7 Å². The van der Waals surface area contributed by atoms with Gasteiger partial charge in [0.2, 0.25) is 0 Å². The number of furan rings is 1. The molecule has 1 aliphatic heterocycles. The predicted molar refractivity (Wildman–Crippen MR) is 124 cm³/mol. The van der Waals surface area contributed by atoms with E-state index >= 15 is 0 Å². The molecule has 1 aliphatic rings. The lowest BCUT2D eigenvalue weighted by Crippen LogP contribution is -2.39. The third kappa shape index (κ3) is 6.88. The van der Waals surface area contributed by atoms with E-state index in [9.17, 15) is 9.50 Å². The van der Waals surface area contributed by atoms with E-state index in [4.69, 9.17) is 25.6 Å². The molecule has 2 unspecified atom stereocenters. The molecule has 0 aliphatic carbocycles. The van der Waals surface area contributed by atoms with Gasteiger partial charge in [-0.1, -0.05) is 47.1 Å². The van der Waals surface area contributed by atoms with Crippen LogP contribution in [0.25, 0.3) is 0 Å². The standard InChI is InChI=1S/C25H26ClFN2O4/c26-19-6-3-5-18(11-19)13-29(14-20(30)16-31-17-21-7-4-10-32-21)15-22-12-25(28-33-22)23-8-1-2-9-24(23)27/h1-11,20,22,30H,12-17H2. The van der Waals surface area contributed by atoms with Crippen LogP contribution in [-0.2, 0) is 22.7 Å². The Bertz CT molecular complexity index is 1060. The summed E-state index contributed by atoms with van der Waals surface area (Å²) in [6.07, 6.45) is 1.10. The van der Waals surface area contributed by atoms with Gasteiger partial charge in [0.05, 0.1) is 24.7 Å². The number of benzene rings is 2. The monoisotopic (exact) mass is 472 g/mol. The lowest BCUT2D eigenvalue weighted by molar-refractivity contribution is -0.00955. The number of hydrogen-bond donors (Lipinski definition) is 1. The molecular weight excluding hydrogens is 447 g/mol. The third-order valence-corrected chi connectivity index (χ3v) is 5.51. The van der Waals surface area contributed by atoms with E-state index in [0.717, 1.165) is 5.56 Å². The first kappa shape index (κ1) is 23.4. The van der Waals surface area contributed by atoms with Crippen molar-refractivity contribution in [1.29, 1.82) is 0 Å². The van der Waals surface area contributed by atoms with Crippen LogP contribution in [0.15, 0.2) is 76.5 Å². The van der Waals surface area contributed by atoms with Crippen LogP contribution < -0.4 is 0 Å². The zero-order valence-electron chi connectivity index (χ0n) is 18.1. The van der Waals surface area contributed by atoms with E-state index in [2.05, 4.69) is 10.1 Å². The fourth-order valence-electron chi connectivity index (χ4n) is 3.81. The van der Waals surface area contributed by atoms with Gasteiger partial charge >= 0.3 is 0 Å². The first-order chi connectivity index (χ1) is 16.1. The summed E-state index contributed by atoms with van der Waals surface area (Å²) in [7, 11) is 0. The van der Waals surface area contributed by atoms with Gasteiger partial charge in [-0.3, -0.25) is 4.90 Å². The molecular formula is C25H26ClFN2O4. The normalized spacial score (nSPS) is 16.6. The molecule has 2 aromatic carbocycles. The van der Waals surface area contributed by atoms with Crippen LogP contribution in [0.1, 0.15) is 23.3 Å². The maximum atomic E-state index is 14.1. The molecule has 0 bridgehead atoms. The Morgan fingerprint density at radius 1 is 1.18 bits per heavy atom. The summed E-state index contributed by atoms with van der Waals surface area (Å²) >= 11 is 6.15. The van der Waals surface area contributed by atoms with Gasteiger partial charge < -0.3 is 19.1 Å². The number of aliphatic hydroxyl groups is 1. The van der Waals surface area contributed by atoms with E-state index in [1.807, 2.05) is 30.3 Å². The van der Waals surface area contributed by atoms with Crippen LogP contribution in [0.5, 0.6) is 0 Å². The number of halogens is 2. The first-order valence-electron chi connectivity index (χ1n) is 10.8. The van der Waals surface area contributed by atoms with E-state index in [1.54, 1.807) is 30.5 Å². The Hall–Kier alpha value is -2.71. The zero-order valence-corrected chi connectivity index (χ0v) is 18.8. The van der Waals surface area contributed by atoms with Crippen LogP contribution in [0.3, 0.4) is 0 Å². The average Bonchev–Trinajstić information content (AvgIpc) is 3.46. The second kappa shape index (κ2) is 11.4. The Kier molecular flexibility index (Phi) is 8.12. The SMILES string of the molecule is OC(COCc1ccco1)CN(Cc1cccc(Cl)c1)CC1CC(c2ccccc2F)=NO1. The molecule has 2 atom stereocenters. The van der Waals surface area contributed by atoms with E-state index in [1.165, 1.54) is 6.07 Å². The molecule has 0 fully saturated rings. The van der Waals surface area contributed by atoms with Crippen LogP contribution in [0, 0.1) is 5.82 Å². The van der Waals surface area contributed by atoms with E-state index in [-0.39, 0.29) is 18.5 Å². The van der Waals surface area contributed by atoms with Gasteiger partial charge in [0, 0.05) is 36.6 Å². The predicted octanol–water partition coefficient (Wildman–Crippen LogP) is 4.65. The molecule has 33 heavy (non-hydrogen) atoms. The third-order valence-electron chi connectivity index (χ3n) is 5.28. The number of hydrogen-bond acceptors (Lipinski definition) is 6. The van der Waals surface area contributed by atoms with Crippen molar-refractivity contribution in [3.05, 3.63) is 94.7 Å². The fourth-order valence-corrected chi connectivity index (χ4v) is 4.02. The Labute approximate surface area is 197 Å². The number of rotatable bonds is 11. The lowest BCUT2D eigenvalue weighted by atomic mass is 10.0. The summed E-state index contributed by atoms with van der Waals surface area (Å²) in [6, 6.07) is 17.7. The molecule has 1 N–H and O–H groups in total. The average molecular weight is 473 g/mol. The highest BCUT2D eigenvalue weighted by Gasteiger charge is 2.27. The van der Waals surface area contributed by atoms with Crippen molar-refractivity contribution in [1.82, 2.24) is 4.90 Å². The molecule has 0 spiro atoms. The van der Waals surface area contributed by atoms with Crippen molar-refractivity contribution >= 4 is 17.3 Å². The van der Waals surface area contributed by atoms with Crippen molar-refractivity contribution in [3.63, 3.8) is 0 Å². The molecule has 0 radical (unpaired) electrons. The largest absolute Gasteiger partial charge is 0.467 e. The number of ether oxygens (including phenoxy) is 1. The molecule has 0 saturated carbocycles. The smallest absolute Gasteiger partial charge is 0.145 e. The molecule has 0 amide bonds. The van der Waals surface area contributed by atoms with Crippen LogP contribution >= 0.6 is 11.6 Å². The van der Waals surface area contributed by atoms with Gasteiger partial charge in [-0.05, 0) is 35.9 Å². The molecule has 3 aromatic rings. The number of nitrogens with zero attached hydrogens (tertiary/aromatic N) is 2. The summed E-state index contributed by atoms with van der Waals surface area (Å²) in [6.45, 7) is 1.88. The molecule has 2 heterocycles. The topological polar surface area (TPSA) is 67.4 Å². The Morgan fingerprint density at radius 2 is 2.06 bits per heavy atom. The Balaban J connectivity index is 1.36. The summed E-state index contributed by atoms with van der Waals surface area (Å²) in [4.78, 5) is 7.67.